The Hall–Kier alpha value is -1.89. The van der Waals surface area contributed by atoms with Crippen molar-refractivity contribution < 1.29 is 4.79 Å². The Bertz CT molecular complexity index is 552. The number of benzene rings is 2. The van der Waals surface area contributed by atoms with Gasteiger partial charge in [0.15, 0.2) is 5.78 Å². The lowest BCUT2D eigenvalue weighted by Gasteiger charge is -2.00. The van der Waals surface area contributed by atoms with E-state index in [9.17, 15) is 4.79 Å². The van der Waals surface area contributed by atoms with Crippen LogP contribution in [0.15, 0.2) is 54.6 Å². The van der Waals surface area contributed by atoms with E-state index in [0.29, 0.717) is 0 Å². The zero-order valence-corrected chi connectivity index (χ0v) is 10.0. The lowest BCUT2D eigenvalue weighted by molar-refractivity contribution is 0.104. The van der Waals surface area contributed by atoms with Gasteiger partial charge in [-0.2, -0.15) is 0 Å². The van der Waals surface area contributed by atoms with Crippen LogP contribution in [0.3, 0.4) is 0 Å². The number of ketones is 1. The summed E-state index contributed by atoms with van der Waals surface area (Å²) in [5, 5.41) is 2.28. The third-order valence-corrected chi connectivity index (χ3v) is 2.76. The van der Waals surface area contributed by atoms with E-state index in [1.165, 1.54) is 5.39 Å². The van der Waals surface area contributed by atoms with Crippen molar-refractivity contribution in [2.24, 2.45) is 0 Å². The first-order valence-electron chi connectivity index (χ1n) is 6.01. The molecule has 1 nitrogen and oxygen atoms in total. The smallest absolute Gasteiger partial charge is 0.185 e. The van der Waals surface area contributed by atoms with E-state index in [1.54, 1.807) is 6.08 Å². The largest absolute Gasteiger partial charge is 0.289 e. The molecule has 86 valence electrons. The number of fused-ring (bicyclic) bond motifs is 1. The maximum absolute atomic E-state index is 11.9. The molecule has 0 radical (unpaired) electrons. The topological polar surface area (TPSA) is 17.1 Å². The van der Waals surface area contributed by atoms with Crippen LogP contribution in [0.4, 0.5) is 0 Å². The molecule has 0 bridgehead atoms. The van der Waals surface area contributed by atoms with Crippen LogP contribution in [-0.4, -0.2) is 5.78 Å². The zero-order valence-electron chi connectivity index (χ0n) is 10.0. The van der Waals surface area contributed by atoms with Gasteiger partial charge in [-0.3, -0.25) is 4.79 Å². The first-order valence-corrected chi connectivity index (χ1v) is 6.01. The number of unbranched alkanes of at least 4 members (excludes halogenated alkanes) is 1. The predicted octanol–water partition coefficient (Wildman–Crippen LogP) is 4.38. The summed E-state index contributed by atoms with van der Waals surface area (Å²) in [4.78, 5) is 11.9. The lowest BCUT2D eigenvalue weighted by Crippen LogP contribution is -1.93. The highest BCUT2D eigenvalue weighted by Gasteiger charge is 2.02. The van der Waals surface area contributed by atoms with Gasteiger partial charge in [-0.25, -0.2) is 0 Å². The quantitative estimate of drug-likeness (QED) is 0.556. The van der Waals surface area contributed by atoms with Crippen molar-refractivity contribution in [2.45, 2.75) is 19.8 Å². The molecule has 0 saturated carbocycles. The third kappa shape index (κ3) is 2.82. The summed E-state index contributed by atoms with van der Waals surface area (Å²) in [5.41, 5.74) is 0.760. The minimum Gasteiger partial charge on any atom is -0.289 e. The van der Waals surface area contributed by atoms with Crippen molar-refractivity contribution in [3.63, 3.8) is 0 Å². The number of rotatable bonds is 4. The second-order valence-electron chi connectivity index (χ2n) is 4.12. The van der Waals surface area contributed by atoms with Crippen molar-refractivity contribution in [3.8, 4) is 0 Å². The molecule has 0 aliphatic heterocycles. The number of carbonyl (C=O) groups is 1. The van der Waals surface area contributed by atoms with Crippen molar-refractivity contribution in [2.75, 3.05) is 0 Å². The number of allylic oxidation sites excluding steroid dienone is 2. The number of hydrogen-bond acceptors (Lipinski definition) is 1. The van der Waals surface area contributed by atoms with Gasteiger partial charge in [-0.05, 0) is 29.3 Å². The van der Waals surface area contributed by atoms with E-state index in [2.05, 4.69) is 13.0 Å². The molecule has 0 atom stereocenters. The molecule has 0 spiro atoms. The monoisotopic (exact) mass is 224 g/mol. The van der Waals surface area contributed by atoms with E-state index in [0.717, 1.165) is 23.8 Å². The Morgan fingerprint density at radius 3 is 2.65 bits per heavy atom. The van der Waals surface area contributed by atoms with Gasteiger partial charge in [0.2, 0.25) is 0 Å². The summed E-state index contributed by atoms with van der Waals surface area (Å²) >= 11 is 0. The maximum Gasteiger partial charge on any atom is 0.185 e. The van der Waals surface area contributed by atoms with Gasteiger partial charge in [0.1, 0.15) is 0 Å². The summed E-state index contributed by atoms with van der Waals surface area (Å²) < 4.78 is 0. The first kappa shape index (κ1) is 11.6. The van der Waals surface area contributed by atoms with Crippen LogP contribution in [-0.2, 0) is 0 Å². The molecule has 0 aliphatic carbocycles. The van der Waals surface area contributed by atoms with Crippen LogP contribution in [0.5, 0.6) is 0 Å². The molecule has 2 aromatic carbocycles. The zero-order chi connectivity index (χ0) is 12.1. The van der Waals surface area contributed by atoms with Crippen molar-refractivity contribution >= 4 is 16.6 Å². The van der Waals surface area contributed by atoms with Crippen LogP contribution >= 0.6 is 0 Å². The molecule has 0 aliphatic rings. The van der Waals surface area contributed by atoms with Crippen molar-refractivity contribution in [1.29, 1.82) is 0 Å². The molecule has 0 N–H and O–H groups in total. The second-order valence-corrected chi connectivity index (χ2v) is 4.12. The van der Waals surface area contributed by atoms with E-state index < -0.39 is 0 Å². The standard InChI is InChI=1S/C16H16O/c1-2-3-4-9-16(17)15-11-10-13-7-5-6-8-14(13)12-15/h4-12H,2-3H2,1H3/b9-4+. The Kier molecular flexibility index (Phi) is 3.71. The van der Waals surface area contributed by atoms with Gasteiger partial charge < -0.3 is 0 Å². The highest BCUT2D eigenvalue weighted by atomic mass is 16.1. The Balaban J connectivity index is 2.27. The van der Waals surface area contributed by atoms with Gasteiger partial charge in [-0.1, -0.05) is 55.8 Å². The molecule has 0 fully saturated rings. The normalized spacial score (nSPS) is 11.1. The van der Waals surface area contributed by atoms with Crippen LogP contribution in [0, 0.1) is 0 Å². The summed E-state index contributed by atoms with van der Waals surface area (Å²) in [7, 11) is 0. The fourth-order valence-electron chi connectivity index (χ4n) is 1.80. The summed E-state index contributed by atoms with van der Waals surface area (Å²) in [6, 6.07) is 13.9. The number of hydrogen-bond donors (Lipinski definition) is 0. The highest BCUT2D eigenvalue weighted by molar-refractivity contribution is 6.06. The van der Waals surface area contributed by atoms with Gasteiger partial charge in [-0.15, -0.1) is 0 Å². The van der Waals surface area contributed by atoms with Gasteiger partial charge in [0.05, 0.1) is 0 Å². The fraction of sp³-hybridized carbons (Fsp3) is 0.188. The van der Waals surface area contributed by atoms with Crippen LogP contribution in [0.1, 0.15) is 30.1 Å². The van der Waals surface area contributed by atoms with Crippen LogP contribution in [0.25, 0.3) is 10.8 Å². The predicted molar refractivity (Wildman–Crippen MR) is 72.3 cm³/mol. The van der Waals surface area contributed by atoms with Gasteiger partial charge in [0, 0.05) is 5.56 Å². The SMILES string of the molecule is CCC/C=C/C(=O)c1ccc2ccccc2c1. The molecule has 2 rings (SSSR count). The fourth-order valence-corrected chi connectivity index (χ4v) is 1.80. The average Bonchev–Trinajstić information content (AvgIpc) is 2.38. The molecule has 0 amide bonds. The molecule has 0 saturated heterocycles. The molecule has 0 heterocycles. The molecular formula is C16H16O. The molecule has 0 aromatic heterocycles. The molecule has 17 heavy (non-hydrogen) atoms. The van der Waals surface area contributed by atoms with Gasteiger partial charge >= 0.3 is 0 Å². The molecule has 2 aromatic rings. The molecule has 0 unspecified atom stereocenters. The Morgan fingerprint density at radius 2 is 1.88 bits per heavy atom. The minimum atomic E-state index is 0.0872. The van der Waals surface area contributed by atoms with Crippen LogP contribution in [0.2, 0.25) is 0 Å². The molecular weight excluding hydrogens is 208 g/mol. The van der Waals surface area contributed by atoms with E-state index >= 15 is 0 Å². The van der Waals surface area contributed by atoms with Crippen molar-refractivity contribution in [3.05, 3.63) is 60.2 Å². The Labute approximate surface area is 102 Å². The van der Waals surface area contributed by atoms with E-state index in [-0.39, 0.29) is 5.78 Å². The van der Waals surface area contributed by atoms with E-state index in [1.807, 2.05) is 42.5 Å². The second kappa shape index (κ2) is 5.44. The van der Waals surface area contributed by atoms with Crippen LogP contribution < -0.4 is 0 Å². The molecule has 1 heteroatoms. The number of carbonyl (C=O) groups excluding carboxylic acids is 1. The highest BCUT2D eigenvalue weighted by Crippen LogP contribution is 2.16. The summed E-state index contributed by atoms with van der Waals surface area (Å²) in [6.07, 6.45) is 5.64. The maximum atomic E-state index is 11.9. The first-order chi connectivity index (χ1) is 8.31. The van der Waals surface area contributed by atoms with Gasteiger partial charge in [0.25, 0.3) is 0 Å². The average molecular weight is 224 g/mol. The summed E-state index contributed by atoms with van der Waals surface area (Å²) in [6.45, 7) is 2.10. The third-order valence-electron chi connectivity index (χ3n) is 2.76. The minimum absolute atomic E-state index is 0.0872. The van der Waals surface area contributed by atoms with E-state index in [4.69, 9.17) is 0 Å². The Morgan fingerprint density at radius 1 is 1.12 bits per heavy atom. The lowest BCUT2D eigenvalue weighted by atomic mass is 10.0. The van der Waals surface area contributed by atoms with Crippen molar-refractivity contribution in [1.82, 2.24) is 0 Å². The summed E-state index contributed by atoms with van der Waals surface area (Å²) in [5.74, 6) is 0.0872.